The van der Waals surface area contributed by atoms with Crippen LogP contribution in [0, 0.1) is 5.41 Å². The van der Waals surface area contributed by atoms with Crippen molar-refractivity contribution in [2.45, 2.75) is 78.2 Å². The zero-order valence-corrected chi connectivity index (χ0v) is 25.4. The number of carbonyl (C=O) groups is 1. The van der Waals surface area contributed by atoms with E-state index >= 15 is 0 Å². The molecule has 0 heterocycles. The molecule has 0 saturated carbocycles. The maximum absolute atomic E-state index is 13.0. The molecule has 0 aliphatic rings. The fraction of sp³-hybridized carbons (Fsp3) is 0.342. The third-order valence-electron chi connectivity index (χ3n) is 9.11. The topological polar surface area (TPSA) is 35.5 Å². The molecular weight excluding hydrogens is 504 g/mol. The number of ether oxygens (including phenoxy) is 2. The fourth-order valence-corrected chi connectivity index (χ4v) is 5.37. The Morgan fingerprint density at radius 3 is 1.32 bits per heavy atom. The molecule has 0 atom stereocenters. The molecule has 4 rings (SSSR count). The molecule has 214 valence electrons. The monoisotopic (exact) mass is 548 g/mol. The summed E-state index contributed by atoms with van der Waals surface area (Å²) in [5.74, 6) is 1.24. The number of carbonyl (C=O) groups excluding carboxylic acids is 1. The van der Waals surface area contributed by atoms with Crippen molar-refractivity contribution in [3.05, 3.63) is 131 Å². The molecule has 0 radical (unpaired) electrons. The van der Waals surface area contributed by atoms with E-state index in [-0.39, 0.29) is 11.6 Å². The highest BCUT2D eigenvalue weighted by Crippen LogP contribution is 2.46. The van der Waals surface area contributed by atoms with E-state index in [1.54, 1.807) is 0 Å². The molecule has 4 aromatic carbocycles. The van der Waals surface area contributed by atoms with E-state index < -0.39 is 10.8 Å². The van der Waals surface area contributed by atoms with E-state index in [1.807, 2.05) is 45.0 Å². The molecule has 41 heavy (non-hydrogen) atoms. The van der Waals surface area contributed by atoms with Crippen molar-refractivity contribution in [3.8, 4) is 11.5 Å². The highest BCUT2D eigenvalue weighted by atomic mass is 16.5. The second-order valence-electron chi connectivity index (χ2n) is 11.4. The first-order valence-electron chi connectivity index (χ1n) is 15.0. The van der Waals surface area contributed by atoms with Crippen LogP contribution in [0.3, 0.4) is 0 Å². The molecule has 0 aliphatic heterocycles. The molecule has 0 aliphatic carbocycles. The van der Waals surface area contributed by atoms with Gasteiger partial charge >= 0.3 is 5.97 Å². The third-order valence-corrected chi connectivity index (χ3v) is 9.11. The maximum Gasteiger partial charge on any atom is 0.317 e. The van der Waals surface area contributed by atoms with Crippen molar-refractivity contribution in [3.63, 3.8) is 0 Å². The lowest BCUT2D eigenvalue weighted by molar-refractivity contribution is -0.145. The first kappa shape index (κ1) is 30.1. The van der Waals surface area contributed by atoms with E-state index in [4.69, 9.17) is 9.47 Å². The Morgan fingerprint density at radius 1 is 0.537 bits per heavy atom. The number of rotatable bonds is 12. The Labute approximate surface area is 246 Å². The van der Waals surface area contributed by atoms with Crippen molar-refractivity contribution in [1.82, 2.24) is 0 Å². The van der Waals surface area contributed by atoms with Gasteiger partial charge in [-0.25, -0.2) is 0 Å². The van der Waals surface area contributed by atoms with Gasteiger partial charge in [-0.1, -0.05) is 113 Å². The van der Waals surface area contributed by atoms with Crippen molar-refractivity contribution in [2.24, 2.45) is 5.41 Å². The minimum absolute atomic E-state index is 0.186. The largest absolute Gasteiger partial charge is 0.488 e. The first-order valence-corrected chi connectivity index (χ1v) is 15.0. The summed E-state index contributed by atoms with van der Waals surface area (Å²) in [5, 5.41) is 0. The number of esters is 1. The predicted molar refractivity (Wildman–Crippen MR) is 169 cm³/mol. The van der Waals surface area contributed by atoms with Crippen LogP contribution >= 0.6 is 0 Å². The number of benzene rings is 4. The average Bonchev–Trinajstić information content (AvgIpc) is 3.03. The van der Waals surface area contributed by atoms with Gasteiger partial charge in [-0.2, -0.15) is 0 Å². The highest BCUT2D eigenvalue weighted by Gasteiger charge is 2.39. The van der Waals surface area contributed by atoms with Crippen molar-refractivity contribution in [1.29, 1.82) is 0 Å². The van der Waals surface area contributed by atoms with Crippen molar-refractivity contribution >= 4 is 5.97 Å². The lowest BCUT2D eigenvalue weighted by Gasteiger charge is -2.37. The molecule has 0 fully saturated rings. The average molecular weight is 549 g/mol. The molecule has 0 N–H and O–H groups in total. The molecule has 0 spiro atoms. The van der Waals surface area contributed by atoms with Crippen LogP contribution in [-0.2, 0) is 10.2 Å². The fourth-order valence-electron chi connectivity index (χ4n) is 5.37. The summed E-state index contributed by atoms with van der Waals surface area (Å²) in [6.45, 7) is 12.5. The quantitative estimate of drug-likeness (QED) is 0.100. The van der Waals surface area contributed by atoms with Gasteiger partial charge < -0.3 is 9.47 Å². The normalized spacial score (nSPS) is 12.1. The van der Waals surface area contributed by atoms with Crippen LogP contribution in [0.2, 0.25) is 0 Å². The lowest BCUT2D eigenvalue weighted by atomic mass is 9.65. The molecule has 3 nitrogen and oxygen atoms in total. The Morgan fingerprint density at radius 2 is 0.927 bits per heavy atom. The SMILES string of the molecule is CCC(C)(CC)Oc1ccc(C(c2ccccc2)(c2ccccc2)c2ccc(OC(=O)C(C)(CC)CC)cc2)cc1. The maximum atomic E-state index is 13.0. The lowest BCUT2D eigenvalue weighted by Crippen LogP contribution is -2.32. The Bertz CT molecular complexity index is 1340. The highest BCUT2D eigenvalue weighted by molar-refractivity contribution is 5.78. The van der Waals surface area contributed by atoms with Gasteiger partial charge in [0.2, 0.25) is 0 Å². The first-order chi connectivity index (χ1) is 19.7. The van der Waals surface area contributed by atoms with Gasteiger partial charge in [-0.15, -0.1) is 0 Å². The van der Waals surface area contributed by atoms with Crippen molar-refractivity contribution < 1.29 is 14.3 Å². The second-order valence-corrected chi connectivity index (χ2v) is 11.4. The molecule has 0 bridgehead atoms. The molecule has 0 amide bonds. The molecule has 0 unspecified atom stereocenters. The van der Waals surface area contributed by atoms with Gasteiger partial charge in [-0.3, -0.25) is 4.79 Å². The van der Waals surface area contributed by atoms with E-state index in [2.05, 4.69) is 106 Å². The zero-order valence-electron chi connectivity index (χ0n) is 25.4. The second kappa shape index (κ2) is 12.8. The van der Waals surface area contributed by atoms with Gasteiger partial charge in [0.05, 0.1) is 10.8 Å². The van der Waals surface area contributed by atoms with Crippen LogP contribution in [-0.4, -0.2) is 11.6 Å². The van der Waals surface area contributed by atoms with Crippen LogP contribution in [0.5, 0.6) is 11.5 Å². The van der Waals surface area contributed by atoms with Crippen LogP contribution in [0.25, 0.3) is 0 Å². The summed E-state index contributed by atoms with van der Waals surface area (Å²) in [6.07, 6.45) is 3.35. The van der Waals surface area contributed by atoms with E-state index in [0.29, 0.717) is 5.75 Å². The van der Waals surface area contributed by atoms with E-state index in [9.17, 15) is 4.79 Å². The van der Waals surface area contributed by atoms with Gasteiger partial charge in [0, 0.05) is 0 Å². The molecular formula is C38H44O3. The van der Waals surface area contributed by atoms with E-state index in [1.165, 1.54) is 0 Å². The van der Waals surface area contributed by atoms with Gasteiger partial charge in [0.1, 0.15) is 17.1 Å². The van der Waals surface area contributed by atoms with Gasteiger partial charge in [0.25, 0.3) is 0 Å². The van der Waals surface area contributed by atoms with Crippen LogP contribution in [0.4, 0.5) is 0 Å². The summed E-state index contributed by atoms with van der Waals surface area (Å²) >= 11 is 0. The standard InChI is InChI=1S/C38H44O3/c1-7-36(5,8-2)35(39)40-33-25-21-31(22-26-33)38(29-17-13-11-14-18-29,30-19-15-12-16-20-30)32-23-27-34(28-24-32)41-37(6,9-3)10-4/h11-28H,7-10H2,1-6H3. The van der Waals surface area contributed by atoms with Gasteiger partial charge in [0.15, 0.2) is 0 Å². The summed E-state index contributed by atoms with van der Waals surface area (Å²) in [5.41, 5.74) is 3.24. The summed E-state index contributed by atoms with van der Waals surface area (Å²) in [6, 6.07) is 37.8. The van der Waals surface area contributed by atoms with Crippen molar-refractivity contribution in [2.75, 3.05) is 0 Å². The zero-order chi connectivity index (χ0) is 29.5. The Hall–Kier alpha value is -3.85. The number of hydrogen-bond donors (Lipinski definition) is 0. The molecule has 0 saturated heterocycles. The van der Waals surface area contributed by atoms with Crippen LogP contribution < -0.4 is 9.47 Å². The Kier molecular flexibility index (Phi) is 9.38. The minimum Gasteiger partial charge on any atom is -0.488 e. The smallest absolute Gasteiger partial charge is 0.317 e. The summed E-state index contributed by atoms with van der Waals surface area (Å²) < 4.78 is 12.3. The summed E-state index contributed by atoms with van der Waals surface area (Å²) in [7, 11) is 0. The van der Waals surface area contributed by atoms with Crippen LogP contribution in [0.15, 0.2) is 109 Å². The molecule has 3 heteroatoms. The van der Waals surface area contributed by atoms with Gasteiger partial charge in [-0.05, 0) is 86.1 Å². The third kappa shape index (κ3) is 6.10. The minimum atomic E-state index is -0.593. The summed E-state index contributed by atoms with van der Waals surface area (Å²) in [4.78, 5) is 13.0. The Balaban J connectivity index is 1.85. The van der Waals surface area contributed by atoms with Crippen LogP contribution in [0.1, 0.15) is 89.5 Å². The van der Waals surface area contributed by atoms with E-state index in [0.717, 1.165) is 53.7 Å². The molecule has 4 aromatic rings. The molecule has 0 aromatic heterocycles. The predicted octanol–water partition coefficient (Wildman–Crippen LogP) is 9.76. The number of hydrogen-bond acceptors (Lipinski definition) is 3.